The van der Waals surface area contributed by atoms with Gasteiger partial charge in [-0.25, -0.2) is 8.78 Å². The van der Waals surface area contributed by atoms with Crippen LogP contribution in [0, 0.1) is 34.3 Å². The molecule has 0 radical (unpaired) electrons. The van der Waals surface area contributed by atoms with Gasteiger partial charge in [0.25, 0.3) is 0 Å². The van der Waals surface area contributed by atoms with Gasteiger partial charge in [0.15, 0.2) is 0 Å². The lowest BCUT2D eigenvalue weighted by molar-refractivity contribution is 0.626. The number of fused-ring (bicyclic) bond motifs is 3. The average molecular weight is 481 g/mol. The molecule has 0 spiro atoms. The van der Waals surface area contributed by atoms with Gasteiger partial charge in [-0.1, -0.05) is 35.7 Å². The monoisotopic (exact) mass is 480 g/mol. The topological polar surface area (TPSA) is 47.6 Å². The zero-order chi connectivity index (χ0) is 23.7. The summed E-state index contributed by atoms with van der Waals surface area (Å²) < 4.78 is 26.5. The molecule has 1 aliphatic carbocycles. The van der Waals surface area contributed by atoms with E-state index in [0.29, 0.717) is 5.57 Å². The van der Waals surface area contributed by atoms with Crippen LogP contribution in [0.1, 0.15) is 11.1 Å². The predicted octanol–water partition coefficient (Wildman–Crippen LogP) is 8.10. The summed E-state index contributed by atoms with van der Waals surface area (Å²) in [4.78, 5) is 3.63. The Kier molecular flexibility index (Phi) is 5.94. The van der Waals surface area contributed by atoms with Crippen molar-refractivity contribution < 1.29 is 8.78 Å². The molecule has 0 saturated heterocycles. The Labute approximate surface area is 204 Å². The molecule has 0 N–H and O–H groups in total. The van der Waals surface area contributed by atoms with Crippen LogP contribution >= 0.6 is 23.5 Å². The van der Waals surface area contributed by atoms with E-state index in [1.54, 1.807) is 24.3 Å². The summed E-state index contributed by atoms with van der Waals surface area (Å²) >= 11 is 2.97. The molecule has 0 atom stereocenters. The Bertz CT molecular complexity index is 1410. The Hall–Kier alpha value is -3.84. The molecule has 0 saturated carbocycles. The van der Waals surface area contributed by atoms with Gasteiger partial charge in [0.05, 0.1) is 0 Å². The highest BCUT2D eigenvalue weighted by atomic mass is 32.2. The lowest BCUT2D eigenvalue weighted by Gasteiger charge is -2.07. The molecule has 0 unspecified atom stereocenters. The standard InChI is InChI=1S/C28H14F2N2S2/c29-18-1-5-20(6-2-18)33-22-9-11-24-25-12-10-23(34-21-7-3-19(30)4-8-21)14-27(25)28(26(24)13-22)17(15-31)16-32/h1-14H. The molecule has 5 rings (SSSR count). The van der Waals surface area contributed by atoms with Crippen LogP contribution in [0.25, 0.3) is 16.7 Å². The van der Waals surface area contributed by atoms with Crippen molar-refractivity contribution >= 4 is 29.1 Å². The van der Waals surface area contributed by atoms with E-state index in [9.17, 15) is 19.3 Å². The molecule has 1 aliphatic rings. The maximum atomic E-state index is 13.3. The number of benzene rings is 4. The first-order valence-corrected chi connectivity index (χ1v) is 11.9. The molecule has 0 fully saturated rings. The summed E-state index contributed by atoms with van der Waals surface area (Å²) in [6, 6.07) is 28.5. The summed E-state index contributed by atoms with van der Waals surface area (Å²) in [5.41, 5.74) is 4.21. The van der Waals surface area contributed by atoms with Crippen LogP contribution in [0.2, 0.25) is 0 Å². The van der Waals surface area contributed by atoms with E-state index in [1.807, 2.05) is 48.5 Å². The maximum absolute atomic E-state index is 13.3. The Morgan fingerprint density at radius 1 is 0.529 bits per heavy atom. The van der Waals surface area contributed by atoms with Crippen LogP contribution < -0.4 is 0 Å². The molecule has 0 aliphatic heterocycles. The number of halogens is 2. The zero-order valence-electron chi connectivity index (χ0n) is 17.5. The summed E-state index contributed by atoms with van der Waals surface area (Å²) in [5, 5.41) is 19.4. The first kappa shape index (κ1) is 22.0. The molecule has 0 heterocycles. The minimum absolute atomic E-state index is 0.0489. The molecular formula is C28H14F2N2S2. The fraction of sp³-hybridized carbons (Fsp3) is 0. The Morgan fingerprint density at radius 2 is 0.912 bits per heavy atom. The summed E-state index contributed by atoms with van der Waals surface area (Å²) in [6.07, 6.45) is 0. The fourth-order valence-corrected chi connectivity index (χ4v) is 5.60. The van der Waals surface area contributed by atoms with Gasteiger partial charge in [0.1, 0.15) is 29.3 Å². The molecule has 0 amide bonds. The van der Waals surface area contributed by atoms with Crippen molar-refractivity contribution in [1.82, 2.24) is 0 Å². The van der Waals surface area contributed by atoms with Gasteiger partial charge in [-0.3, -0.25) is 0 Å². The number of nitriles is 2. The smallest absolute Gasteiger partial charge is 0.138 e. The largest absolute Gasteiger partial charge is 0.207 e. The van der Waals surface area contributed by atoms with Crippen molar-refractivity contribution in [3.8, 4) is 23.3 Å². The summed E-state index contributed by atoms with van der Waals surface area (Å²) in [5.74, 6) is -0.582. The van der Waals surface area contributed by atoms with E-state index >= 15 is 0 Å². The quantitative estimate of drug-likeness (QED) is 0.244. The normalized spacial score (nSPS) is 11.4. The van der Waals surface area contributed by atoms with Gasteiger partial charge in [-0.2, -0.15) is 10.5 Å². The third-order valence-electron chi connectivity index (χ3n) is 5.38. The Morgan fingerprint density at radius 3 is 1.29 bits per heavy atom. The van der Waals surface area contributed by atoms with Crippen molar-refractivity contribution in [1.29, 1.82) is 10.5 Å². The van der Waals surface area contributed by atoms with E-state index in [4.69, 9.17) is 0 Å². The van der Waals surface area contributed by atoms with Crippen LogP contribution in [0.3, 0.4) is 0 Å². The molecule has 0 aromatic heterocycles. The van der Waals surface area contributed by atoms with Crippen LogP contribution in [-0.4, -0.2) is 0 Å². The lowest BCUT2D eigenvalue weighted by atomic mass is 9.99. The van der Waals surface area contributed by atoms with Crippen molar-refractivity contribution in [2.45, 2.75) is 19.6 Å². The van der Waals surface area contributed by atoms with E-state index in [-0.39, 0.29) is 17.2 Å². The molecule has 6 heteroatoms. The second kappa shape index (κ2) is 9.19. The van der Waals surface area contributed by atoms with Crippen molar-refractivity contribution in [2.75, 3.05) is 0 Å². The van der Waals surface area contributed by atoms with Crippen LogP contribution in [0.4, 0.5) is 8.78 Å². The first-order valence-electron chi connectivity index (χ1n) is 10.3. The molecule has 0 bridgehead atoms. The van der Waals surface area contributed by atoms with Gasteiger partial charge < -0.3 is 0 Å². The van der Waals surface area contributed by atoms with Gasteiger partial charge >= 0.3 is 0 Å². The van der Waals surface area contributed by atoms with E-state index in [1.165, 1.54) is 47.8 Å². The molecule has 2 nitrogen and oxygen atoms in total. The van der Waals surface area contributed by atoms with Crippen molar-refractivity contribution in [3.63, 3.8) is 0 Å². The van der Waals surface area contributed by atoms with Crippen molar-refractivity contribution in [2.24, 2.45) is 0 Å². The first-order chi connectivity index (χ1) is 16.6. The van der Waals surface area contributed by atoms with E-state index in [0.717, 1.165) is 41.8 Å². The summed E-state index contributed by atoms with van der Waals surface area (Å²) in [6.45, 7) is 0. The molecule has 4 aromatic carbocycles. The second-order valence-electron chi connectivity index (χ2n) is 7.50. The molecule has 34 heavy (non-hydrogen) atoms. The second-order valence-corrected chi connectivity index (χ2v) is 9.79. The predicted molar refractivity (Wildman–Crippen MR) is 130 cm³/mol. The lowest BCUT2D eigenvalue weighted by Crippen LogP contribution is -1.88. The highest BCUT2D eigenvalue weighted by molar-refractivity contribution is 7.99. The number of hydrogen-bond acceptors (Lipinski definition) is 4. The van der Waals surface area contributed by atoms with E-state index < -0.39 is 0 Å². The minimum Gasteiger partial charge on any atom is -0.207 e. The van der Waals surface area contributed by atoms with Gasteiger partial charge in [0, 0.05) is 25.2 Å². The highest BCUT2D eigenvalue weighted by Gasteiger charge is 2.27. The average Bonchev–Trinajstić information content (AvgIpc) is 3.16. The van der Waals surface area contributed by atoms with Crippen molar-refractivity contribution in [3.05, 3.63) is 113 Å². The zero-order valence-corrected chi connectivity index (χ0v) is 19.2. The number of rotatable bonds is 4. The van der Waals surface area contributed by atoms with Gasteiger partial charge in [-0.05, 0) is 95.1 Å². The van der Waals surface area contributed by atoms with Gasteiger partial charge in [0.2, 0.25) is 0 Å². The number of nitrogens with zero attached hydrogens (tertiary/aromatic N) is 2. The third kappa shape index (κ3) is 4.22. The van der Waals surface area contributed by atoms with E-state index in [2.05, 4.69) is 0 Å². The van der Waals surface area contributed by atoms with Crippen LogP contribution in [-0.2, 0) is 0 Å². The molecule has 4 aromatic rings. The van der Waals surface area contributed by atoms with Crippen LogP contribution in [0.15, 0.2) is 110 Å². The number of hydrogen-bond donors (Lipinski definition) is 0. The third-order valence-corrected chi connectivity index (χ3v) is 7.38. The Balaban J connectivity index is 1.57. The molecule has 162 valence electrons. The minimum atomic E-state index is -0.291. The highest BCUT2D eigenvalue weighted by Crippen LogP contribution is 2.48. The maximum Gasteiger partial charge on any atom is 0.138 e. The molecular weight excluding hydrogens is 466 g/mol. The number of allylic oxidation sites excluding steroid dienone is 1. The SMILES string of the molecule is N#CC(C#N)=C1c2cc(Sc3ccc(F)cc3)ccc2-c2ccc(Sc3ccc(F)cc3)cc21. The van der Waals surface area contributed by atoms with Gasteiger partial charge in [-0.15, -0.1) is 0 Å². The van der Waals surface area contributed by atoms with Crippen LogP contribution in [0.5, 0.6) is 0 Å². The summed E-state index contributed by atoms with van der Waals surface area (Å²) in [7, 11) is 0. The fourth-order valence-electron chi connectivity index (χ4n) is 3.89.